The highest BCUT2D eigenvalue weighted by Gasteiger charge is 1.88. The van der Waals surface area contributed by atoms with E-state index in [0.717, 1.165) is 11.3 Å². The molecule has 0 saturated heterocycles. The molecule has 0 radical (unpaired) electrons. The molecule has 1 heterocycles. The van der Waals surface area contributed by atoms with E-state index in [1.54, 1.807) is 12.3 Å². The predicted molar refractivity (Wildman–Crippen MR) is 42.8 cm³/mol. The van der Waals surface area contributed by atoms with Crippen LogP contribution in [0.25, 0.3) is 6.08 Å². The molecule has 0 aromatic carbocycles. The van der Waals surface area contributed by atoms with Gasteiger partial charge >= 0.3 is 0 Å². The van der Waals surface area contributed by atoms with Gasteiger partial charge in [0.2, 0.25) is 0 Å². The molecule has 0 aliphatic carbocycles. The number of nitrogens with zero attached hydrogens (tertiary/aromatic N) is 2. The lowest BCUT2D eigenvalue weighted by Crippen LogP contribution is -1.86. The van der Waals surface area contributed by atoms with Gasteiger partial charge in [-0.05, 0) is 24.6 Å². The van der Waals surface area contributed by atoms with E-state index in [4.69, 9.17) is 5.11 Å². The van der Waals surface area contributed by atoms with Crippen LogP contribution in [0.2, 0.25) is 0 Å². The zero-order chi connectivity index (χ0) is 8.10. The van der Waals surface area contributed by atoms with E-state index in [1.165, 1.54) is 6.33 Å². The molecule has 0 fully saturated rings. The van der Waals surface area contributed by atoms with E-state index in [0.29, 0.717) is 0 Å². The molecule has 0 aliphatic rings. The summed E-state index contributed by atoms with van der Waals surface area (Å²) in [7, 11) is 0. The molecule has 58 valence electrons. The molecule has 0 amide bonds. The highest BCUT2D eigenvalue weighted by atomic mass is 16.3. The molecule has 0 atom stereocenters. The van der Waals surface area contributed by atoms with Gasteiger partial charge in [0.1, 0.15) is 6.33 Å². The third-order valence-corrected chi connectivity index (χ3v) is 1.25. The number of rotatable bonds is 2. The summed E-state index contributed by atoms with van der Waals surface area (Å²) in [6.07, 6.45) is 4.97. The van der Waals surface area contributed by atoms with Gasteiger partial charge in [0.15, 0.2) is 0 Å². The molecule has 3 heteroatoms. The van der Waals surface area contributed by atoms with Gasteiger partial charge in [0, 0.05) is 6.20 Å². The van der Waals surface area contributed by atoms with Crippen molar-refractivity contribution in [1.29, 1.82) is 0 Å². The summed E-state index contributed by atoms with van der Waals surface area (Å²) >= 11 is 0. The lowest BCUT2D eigenvalue weighted by Gasteiger charge is -1.93. The van der Waals surface area contributed by atoms with Gasteiger partial charge in [-0.3, -0.25) is 0 Å². The Hall–Kier alpha value is -1.22. The number of hydrogen-bond donors (Lipinski definition) is 1. The van der Waals surface area contributed by atoms with Gasteiger partial charge in [-0.1, -0.05) is 0 Å². The molecule has 0 bridgehead atoms. The summed E-state index contributed by atoms with van der Waals surface area (Å²) in [4.78, 5) is 7.74. The Labute approximate surface area is 65.4 Å². The minimum absolute atomic E-state index is 0.0734. The van der Waals surface area contributed by atoms with Crippen molar-refractivity contribution in [3.05, 3.63) is 29.9 Å². The van der Waals surface area contributed by atoms with E-state index in [2.05, 4.69) is 9.97 Å². The molecule has 3 nitrogen and oxygen atoms in total. The Bertz CT molecular complexity index is 244. The van der Waals surface area contributed by atoms with Crippen molar-refractivity contribution in [1.82, 2.24) is 9.97 Å². The maximum atomic E-state index is 8.68. The molecule has 0 aliphatic heterocycles. The monoisotopic (exact) mass is 150 g/mol. The van der Waals surface area contributed by atoms with Crippen molar-refractivity contribution in [2.45, 2.75) is 6.92 Å². The van der Waals surface area contributed by atoms with Crippen LogP contribution in [0.1, 0.15) is 12.6 Å². The van der Waals surface area contributed by atoms with E-state index in [-0.39, 0.29) is 6.61 Å². The average Bonchev–Trinajstić information content (AvgIpc) is 2.06. The molecule has 11 heavy (non-hydrogen) atoms. The van der Waals surface area contributed by atoms with Gasteiger partial charge in [0.25, 0.3) is 0 Å². The smallest absolute Gasteiger partial charge is 0.115 e. The maximum absolute atomic E-state index is 8.68. The second-order valence-corrected chi connectivity index (χ2v) is 2.28. The number of aliphatic hydroxyl groups is 1. The molecule has 1 N–H and O–H groups in total. The van der Waals surface area contributed by atoms with Crippen LogP contribution in [0.3, 0.4) is 0 Å². The largest absolute Gasteiger partial charge is 0.392 e. The fourth-order valence-corrected chi connectivity index (χ4v) is 0.684. The number of aliphatic hydroxyl groups excluding tert-OH is 1. The maximum Gasteiger partial charge on any atom is 0.115 e. The van der Waals surface area contributed by atoms with E-state index >= 15 is 0 Å². The average molecular weight is 150 g/mol. The first-order valence-electron chi connectivity index (χ1n) is 3.37. The summed E-state index contributed by atoms with van der Waals surface area (Å²) in [5.41, 5.74) is 1.72. The second-order valence-electron chi connectivity index (χ2n) is 2.28. The normalized spacial score (nSPS) is 11.6. The minimum atomic E-state index is 0.0734. The van der Waals surface area contributed by atoms with E-state index < -0.39 is 0 Å². The first kappa shape index (κ1) is 7.88. The van der Waals surface area contributed by atoms with Crippen molar-refractivity contribution < 1.29 is 5.11 Å². The zero-order valence-electron chi connectivity index (χ0n) is 6.36. The summed E-state index contributed by atoms with van der Waals surface area (Å²) in [6, 6.07) is 1.79. The van der Waals surface area contributed by atoms with Gasteiger partial charge < -0.3 is 5.11 Å². The zero-order valence-corrected chi connectivity index (χ0v) is 6.36. The number of hydrogen-bond acceptors (Lipinski definition) is 3. The van der Waals surface area contributed by atoms with Crippen LogP contribution in [0, 0.1) is 0 Å². The number of aromatic nitrogens is 2. The summed E-state index contributed by atoms with van der Waals surface area (Å²) in [5, 5.41) is 8.68. The summed E-state index contributed by atoms with van der Waals surface area (Å²) < 4.78 is 0. The quantitative estimate of drug-likeness (QED) is 0.680. The van der Waals surface area contributed by atoms with Gasteiger partial charge in [-0.25, -0.2) is 9.97 Å². The first-order valence-corrected chi connectivity index (χ1v) is 3.37. The molecule has 1 rings (SSSR count). The van der Waals surface area contributed by atoms with Crippen LogP contribution in [-0.4, -0.2) is 21.7 Å². The molecule has 0 saturated carbocycles. The second kappa shape index (κ2) is 3.83. The predicted octanol–water partition coefficient (Wildman–Crippen LogP) is 0.872. The first-order chi connectivity index (χ1) is 5.33. The molecular weight excluding hydrogens is 140 g/mol. The minimum Gasteiger partial charge on any atom is -0.392 e. The molecule has 1 aromatic heterocycles. The van der Waals surface area contributed by atoms with E-state index in [9.17, 15) is 0 Å². The van der Waals surface area contributed by atoms with Crippen LogP contribution in [0.5, 0.6) is 0 Å². The van der Waals surface area contributed by atoms with Gasteiger partial charge in [-0.15, -0.1) is 0 Å². The molecule has 1 aromatic rings. The topological polar surface area (TPSA) is 46.0 Å². The lowest BCUT2D eigenvalue weighted by molar-refractivity contribution is 0.332. The van der Waals surface area contributed by atoms with Crippen molar-refractivity contribution in [3.63, 3.8) is 0 Å². The summed E-state index contributed by atoms with van der Waals surface area (Å²) in [5.74, 6) is 0. The van der Waals surface area contributed by atoms with Gasteiger partial charge in [0.05, 0.1) is 12.3 Å². The summed E-state index contributed by atoms with van der Waals surface area (Å²) in [6.45, 7) is 1.92. The molecular formula is C8H10N2O. The van der Waals surface area contributed by atoms with Gasteiger partial charge in [-0.2, -0.15) is 0 Å². The lowest BCUT2D eigenvalue weighted by atomic mass is 10.2. The highest BCUT2D eigenvalue weighted by Crippen LogP contribution is 2.00. The standard InChI is InChI=1S/C8H10N2O/c1-7(5-11)4-8-2-3-9-6-10-8/h2-4,6,11H,5H2,1H3/b7-4-. The highest BCUT2D eigenvalue weighted by molar-refractivity contribution is 5.47. The third-order valence-electron chi connectivity index (χ3n) is 1.25. The SMILES string of the molecule is C/C(=C/c1ccncn1)CO. The Kier molecular flexibility index (Phi) is 2.74. The van der Waals surface area contributed by atoms with Crippen molar-refractivity contribution in [2.24, 2.45) is 0 Å². The van der Waals surface area contributed by atoms with Crippen molar-refractivity contribution in [3.8, 4) is 0 Å². The van der Waals surface area contributed by atoms with E-state index in [1.807, 2.05) is 13.0 Å². The Morgan fingerprint density at radius 2 is 2.55 bits per heavy atom. The Morgan fingerprint density at radius 1 is 1.73 bits per heavy atom. The molecule has 0 unspecified atom stereocenters. The molecule has 0 spiro atoms. The van der Waals surface area contributed by atoms with Crippen LogP contribution < -0.4 is 0 Å². The Balaban J connectivity index is 2.79. The fraction of sp³-hybridized carbons (Fsp3) is 0.250. The fourth-order valence-electron chi connectivity index (χ4n) is 0.684. The van der Waals surface area contributed by atoms with Crippen LogP contribution >= 0.6 is 0 Å². The van der Waals surface area contributed by atoms with Crippen LogP contribution in [0.4, 0.5) is 0 Å². The van der Waals surface area contributed by atoms with Crippen LogP contribution in [-0.2, 0) is 0 Å². The van der Waals surface area contributed by atoms with Crippen molar-refractivity contribution >= 4 is 6.08 Å². The third kappa shape index (κ3) is 2.47. The Morgan fingerprint density at radius 3 is 3.09 bits per heavy atom. The van der Waals surface area contributed by atoms with Crippen LogP contribution in [0.15, 0.2) is 24.2 Å². The van der Waals surface area contributed by atoms with Crippen molar-refractivity contribution in [2.75, 3.05) is 6.61 Å².